The van der Waals surface area contributed by atoms with E-state index in [4.69, 9.17) is 4.84 Å². The van der Waals surface area contributed by atoms with Crippen molar-refractivity contribution in [2.75, 3.05) is 13.2 Å². The molecule has 1 N–H and O–H groups in total. The maximum Gasteiger partial charge on any atom is 0.107 e. The van der Waals surface area contributed by atoms with Crippen molar-refractivity contribution in [3.8, 4) is 0 Å². The molecule has 0 aromatic rings. The van der Waals surface area contributed by atoms with E-state index < -0.39 is 0 Å². The molecular formula is C5H11N3O. The van der Waals surface area contributed by atoms with Gasteiger partial charge in [0.2, 0.25) is 0 Å². The minimum absolute atomic E-state index is 0.556. The zero-order valence-corrected chi connectivity index (χ0v) is 5.50. The van der Waals surface area contributed by atoms with Gasteiger partial charge in [-0.2, -0.15) is 5.10 Å². The first-order valence-electron chi connectivity index (χ1n) is 3.11. The summed E-state index contributed by atoms with van der Waals surface area (Å²) in [6.45, 7) is 3.53. The van der Waals surface area contributed by atoms with Gasteiger partial charge in [0.1, 0.15) is 6.61 Å². The third-order valence-electron chi connectivity index (χ3n) is 0.984. The van der Waals surface area contributed by atoms with Crippen molar-refractivity contribution in [3.63, 3.8) is 0 Å². The van der Waals surface area contributed by atoms with Crippen molar-refractivity contribution in [3.05, 3.63) is 0 Å². The van der Waals surface area contributed by atoms with E-state index in [1.165, 1.54) is 0 Å². The lowest BCUT2D eigenvalue weighted by atomic mass is 10.5. The molecular weight excluding hydrogens is 118 g/mol. The van der Waals surface area contributed by atoms with E-state index in [1.54, 1.807) is 11.3 Å². The second kappa shape index (κ2) is 3.42. The first kappa shape index (κ1) is 6.51. The van der Waals surface area contributed by atoms with E-state index in [2.05, 4.69) is 17.6 Å². The summed E-state index contributed by atoms with van der Waals surface area (Å²) in [6, 6.07) is 0. The highest BCUT2D eigenvalue weighted by Gasteiger charge is 2.00. The lowest BCUT2D eigenvalue weighted by molar-refractivity contribution is -0.0788. The maximum atomic E-state index is 4.86. The zero-order valence-electron chi connectivity index (χ0n) is 5.50. The van der Waals surface area contributed by atoms with Crippen molar-refractivity contribution in [2.24, 2.45) is 5.10 Å². The molecule has 1 aliphatic rings. The van der Waals surface area contributed by atoms with Crippen LogP contribution in [0.5, 0.6) is 0 Å². The van der Waals surface area contributed by atoms with Gasteiger partial charge in [-0.05, 0) is 6.42 Å². The number of nitrogens with zero attached hydrogens (tertiary/aromatic N) is 2. The third-order valence-corrected chi connectivity index (χ3v) is 0.984. The minimum atomic E-state index is 0.556. The summed E-state index contributed by atoms with van der Waals surface area (Å²) in [5.41, 5.74) is 2.66. The van der Waals surface area contributed by atoms with Gasteiger partial charge in [0, 0.05) is 0 Å². The maximum absolute atomic E-state index is 4.86. The Morgan fingerprint density at radius 3 is 3.33 bits per heavy atom. The lowest BCUT2D eigenvalue weighted by Gasteiger charge is -2.20. The Morgan fingerprint density at radius 1 is 1.89 bits per heavy atom. The highest BCUT2D eigenvalue weighted by molar-refractivity contribution is 5.58. The van der Waals surface area contributed by atoms with Gasteiger partial charge in [-0.15, -0.1) is 0 Å². The molecule has 4 nitrogen and oxygen atoms in total. The van der Waals surface area contributed by atoms with Gasteiger partial charge >= 0.3 is 0 Å². The Balaban J connectivity index is 2.23. The highest BCUT2D eigenvalue weighted by Crippen LogP contribution is 1.89. The smallest absolute Gasteiger partial charge is 0.107 e. The van der Waals surface area contributed by atoms with E-state index in [0.717, 1.165) is 13.0 Å². The molecule has 4 heteroatoms. The Labute approximate surface area is 54.4 Å². The molecule has 0 saturated carbocycles. The molecule has 0 amide bonds. The summed E-state index contributed by atoms with van der Waals surface area (Å²) in [7, 11) is 0. The van der Waals surface area contributed by atoms with Crippen LogP contribution in [0.2, 0.25) is 0 Å². The van der Waals surface area contributed by atoms with E-state index in [1.807, 2.05) is 0 Å². The number of rotatable bonds is 2. The first-order valence-corrected chi connectivity index (χ1v) is 3.11. The lowest BCUT2D eigenvalue weighted by Crippen LogP contribution is -2.38. The van der Waals surface area contributed by atoms with Crippen LogP contribution in [0.1, 0.15) is 13.3 Å². The van der Waals surface area contributed by atoms with Crippen LogP contribution in [-0.4, -0.2) is 24.5 Å². The van der Waals surface area contributed by atoms with E-state index in [0.29, 0.717) is 6.61 Å². The predicted molar refractivity (Wildman–Crippen MR) is 34.6 cm³/mol. The largest absolute Gasteiger partial charge is 0.275 e. The van der Waals surface area contributed by atoms with Crippen LogP contribution in [0, 0.1) is 0 Å². The Kier molecular flexibility index (Phi) is 2.48. The highest BCUT2D eigenvalue weighted by atomic mass is 16.7. The van der Waals surface area contributed by atoms with Gasteiger partial charge in [0.05, 0.1) is 12.8 Å². The van der Waals surface area contributed by atoms with Crippen LogP contribution in [0.3, 0.4) is 0 Å². The van der Waals surface area contributed by atoms with Crippen LogP contribution in [-0.2, 0) is 4.84 Å². The quantitative estimate of drug-likeness (QED) is 0.576. The Hall–Kier alpha value is -0.610. The van der Waals surface area contributed by atoms with E-state index in [9.17, 15) is 0 Å². The van der Waals surface area contributed by atoms with Crippen LogP contribution >= 0.6 is 0 Å². The van der Waals surface area contributed by atoms with E-state index in [-0.39, 0.29) is 0 Å². The van der Waals surface area contributed by atoms with Crippen molar-refractivity contribution in [2.45, 2.75) is 13.3 Å². The second-order valence-corrected chi connectivity index (χ2v) is 1.82. The summed E-state index contributed by atoms with van der Waals surface area (Å²) in [5, 5.41) is 5.66. The molecule has 0 atom stereocenters. The molecule has 9 heavy (non-hydrogen) atoms. The summed E-state index contributed by atoms with van der Waals surface area (Å²) in [5.74, 6) is 0. The molecule has 0 spiro atoms. The molecule has 0 bridgehead atoms. The van der Waals surface area contributed by atoms with Gasteiger partial charge in [-0.25, -0.2) is 5.12 Å². The second-order valence-electron chi connectivity index (χ2n) is 1.82. The number of hydrazone groups is 1. The van der Waals surface area contributed by atoms with Crippen LogP contribution in [0.25, 0.3) is 0 Å². The number of hydrogen-bond acceptors (Lipinski definition) is 4. The Morgan fingerprint density at radius 2 is 2.78 bits per heavy atom. The Bertz CT molecular complexity index is 104. The van der Waals surface area contributed by atoms with Crippen molar-refractivity contribution >= 4 is 6.21 Å². The molecule has 52 valence electrons. The van der Waals surface area contributed by atoms with Gasteiger partial charge in [-0.3, -0.25) is 4.84 Å². The fourth-order valence-corrected chi connectivity index (χ4v) is 0.620. The fourth-order valence-electron chi connectivity index (χ4n) is 0.620. The number of hydrazine groups is 1. The predicted octanol–water partition coefficient (Wildman–Crippen LogP) is 0.134. The molecule has 0 aromatic carbocycles. The topological polar surface area (TPSA) is 36.9 Å². The first-order chi connectivity index (χ1) is 4.43. The summed E-state index contributed by atoms with van der Waals surface area (Å²) in [6.07, 6.45) is 2.79. The molecule has 0 saturated heterocycles. The average molecular weight is 129 g/mol. The monoisotopic (exact) mass is 129 g/mol. The van der Waals surface area contributed by atoms with Crippen molar-refractivity contribution in [1.82, 2.24) is 10.7 Å². The fraction of sp³-hybridized carbons (Fsp3) is 0.800. The molecule has 0 unspecified atom stereocenters. The van der Waals surface area contributed by atoms with Crippen LogP contribution < -0.4 is 5.59 Å². The van der Waals surface area contributed by atoms with Gasteiger partial charge < -0.3 is 0 Å². The summed E-state index contributed by atoms with van der Waals surface area (Å²) < 4.78 is 0. The molecule has 1 aliphatic heterocycles. The third kappa shape index (κ3) is 1.99. The zero-order chi connectivity index (χ0) is 6.53. The SMILES string of the molecule is CCCN1N=CCON1. The minimum Gasteiger partial charge on any atom is -0.275 e. The summed E-state index contributed by atoms with van der Waals surface area (Å²) in [4.78, 5) is 4.86. The van der Waals surface area contributed by atoms with Crippen LogP contribution in [0.15, 0.2) is 5.10 Å². The molecule has 0 aromatic heterocycles. The summed E-state index contributed by atoms with van der Waals surface area (Å²) >= 11 is 0. The molecule has 0 radical (unpaired) electrons. The van der Waals surface area contributed by atoms with Crippen molar-refractivity contribution in [1.29, 1.82) is 0 Å². The molecule has 0 fully saturated rings. The standard InChI is InChI=1S/C5H11N3O/c1-2-4-8-6-3-5-9-7-8/h3,7H,2,4-5H2,1H3. The van der Waals surface area contributed by atoms with Crippen LogP contribution in [0.4, 0.5) is 0 Å². The normalized spacial score (nSPS) is 18.6. The van der Waals surface area contributed by atoms with E-state index >= 15 is 0 Å². The van der Waals surface area contributed by atoms with Gasteiger partial charge in [0.15, 0.2) is 0 Å². The average Bonchev–Trinajstić information content (AvgIpc) is 1.91. The van der Waals surface area contributed by atoms with Crippen molar-refractivity contribution < 1.29 is 4.84 Å². The number of nitrogens with one attached hydrogen (secondary N) is 1. The molecule has 1 heterocycles. The molecule has 1 rings (SSSR count). The molecule has 0 aliphatic carbocycles. The van der Waals surface area contributed by atoms with Gasteiger partial charge in [0.25, 0.3) is 0 Å². The van der Waals surface area contributed by atoms with Gasteiger partial charge in [-0.1, -0.05) is 12.5 Å². The number of hydrogen-bond donors (Lipinski definition) is 1.